The molecule has 17 heavy (non-hydrogen) atoms. The Hall–Kier alpha value is -1.43. The highest BCUT2D eigenvalue weighted by atomic mass is 32.2. The van der Waals surface area contributed by atoms with Crippen molar-refractivity contribution in [3.8, 4) is 0 Å². The zero-order chi connectivity index (χ0) is 12.6. The highest BCUT2D eigenvalue weighted by molar-refractivity contribution is 7.91. The molecule has 92 valence electrons. The van der Waals surface area contributed by atoms with Gasteiger partial charge in [0, 0.05) is 6.20 Å². The number of sulfone groups is 1. The predicted molar refractivity (Wildman–Crippen MR) is 60.9 cm³/mol. The normalized spacial score (nSPS) is 15.8. The first-order valence-corrected chi connectivity index (χ1v) is 7.07. The van der Waals surface area contributed by atoms with Crippen molar-refractivity contribution >= 4 is 15.8 Å². The van der Waals surface area contributed by atoms with Crippen LogP contribution in [0, 0.1) is 0 Å². The fourth-order valence-electron chi connectivity index (χ4n) is 1.65. The lowest BCUT2D eigenvalue weighted by atomic mass is 10.2. The molecule has 0 unspecified atom stereocenters. The van der Waals surface area contributed by atoms with Gasteiger partial charge in [-0.05, 0) is 30.4 Å². The van der Waals surface area contributed by atoms with Crippen molar-refractivity contribution in [1.82, 2.24) is 4.98 Å². The SMILES string of the molecule is CCS(=O)(=O)c1cc(C2CC2)cnc1C(=O)O. The highest BCUT2D eigenvalue weighted by Gasteiger charge is 2.28. The van der Waals surface area contributed by atoms with Crippen LogP contribution in [-0.4, -0.2) is 30.2 Å². The van der Waals surface area contributed by atoms with E-state index in [0.29, 0.717) is 5.92 Å². The topological polar surface area (TPSA) is 84.3 Å². The molecule has 6 heteroatoms. The van der Waals surface area contributed by atoms with Crippen molar-refractivity contribution in [2.75, 3.05) is 5.75 Å². The van der Waals surface area contributed by atoms with Gasteiger partial charge in [-0.1, -0.05) is 6.92 Å². The largest absolute Gasteiger partial charge is 0.476 e. The van der Waals surface area contributed by atoms with Gasteiger partial charge in [0.05, 0.1) is 5.75 Å². The van der Waals surface area contributed by atoms with Crippen LogP contribution in [0.25, 0.3) is 0 Å². The van der Waals surface area contributed by atoms with E-state index in [1.807, 2.05) is 0 Å². The molecule has 0 aliphatic heterocycles. The van der Waals surface area contributed by atoms with E-state index in [-0.39, 0.29) is 16.3 Å². The molecule has 2 rings (SSSR count). The van der Waals surface area contributed by atoms with Gasteiger partial charge in [0.25, 0.3) is 0 Å². The third kappa shape index (κ3) is 2.31. The second-order valence-corrected chi connectivity index (χ2v) is 6.34. The summed E-state index contributed by atoms with van der Waals surface area (Å²) in [6.07, 6.45) is 3.50. The Morgan fingerprint density at radius 3 is 2.65 bits per heavy atom. The molecule has 1 aliphatic rings. The maximum Gasteiger partial charge on any atom is 0.355 e. The van der Waals surface area contributed by atoms with E-state index in [0.717, 1.165) is 18.4 Å². The Balaban J connectivity index is 2.58. The molecular weight excluding hydrogens is 242 g/mol. The Labute approximate surface area is 99.4 Å². The molecule has 1 N–H and O–H groups in total. The molecule has 0 saturated heterocycles. The number of aromatic nitrogens is 1. The summed E-state index contributed by atoms with van der Waals surface area (Å²) in [6.45, 7) is 1.49. The Morgan fingerprint density at radius 2 is 2.18 bits per heavy atom. The third-order valence-electron chi connectivity index (χ3n) is 2.84. The maximum atomic E-state index is 11.8. The first-order valence-electron chi connectivity index (χ1n) is 5.41. The van der Waals surface area contributed by atoms with E-state index in [1.54, 1.807) is 0 Å². The maximum absolute atomic E-state index is 11.8. The summed E-state index contributed by atoms with van der Waals surface area (Å²) in [7, 11) is -3.55. The highest BCUT2D eigenvalue weighted by Crippen LogP contribution is 2.40. The van der Waals surface area contributed by atoms with E-state index in [9.17, 15) is 13.2 Å². The summed E-state index contributed by atoms with van der Waals surface area (Å²) in [5, 5.41) is 8.94. The number of pyridine rings is 1. The standard InChI is InChI=1S/C11H13NO4S/c1-2-17(15,16)9-5-8(7-3-4-7)6-12-10(9)11(13)14/h5-7H,2-4H2,1H3,(H,13,14). The number of rotatable bonds is 4. The van der Waals surface area contributed by atoms with Crippen LogP contribution >= 0.6 is 0 Å². The molecule has 0 amide bonds. The van der Waals surface area contributed by atoms with Gasteiger partial charge in [0.15, 0.2) is 15.5 Å². The lowest BCUT2D eigenvalue weighted by molar-refractivity contribution is 0.0686. The molecule has 0 atom stereocenters. The minimum absolute atomic E-state index is 0.122. The number of carboxylic acids is 1. The molecule has 1 fully saturated rings. The molecule has 0 spiro atoms. The van der Waals surface area contributed by atoms with Crippen molar-refractivity contribution < 1.29 is 18.3 Å². The Bertz CT molecular complexity index is 561. The van der Waals surface area contributed by atoms with Crippen molar-refractivity contribution in [3.05, 3.63) is 23.5 Å². The lowest BCUT2D eigenvalue weighted by Crippen LogP contribution is -2.13. The quantitative estimate of drug-likeness (QED) is 0.880. The van der Waals surface area contributed by atoms with Crippen molar-refractivity contribution in [2.24, 2.45) is 0 Å². The second-order valence-electron chi connectivity index (χ2n) is 4.10. The molecule has 5 nitrogen and oxygen atoms in total. The van der Waals surface area contributed by atoms with Gasteiger partial charge in [-0.3, -0.25) is 0 Å². The van der Waals surface area contributed by atoms with Crippen molar-refractivity contribution in [1.29, 1.82) is 0 Å². The van der Waals surface area contributed by atoms with Crippen LogP contribution in [0.15, 0.2) is 17.2 Å². The molecule has 1 aliphatic carbocycles. The number of carbonyl (C=O) groups is 1. The average molecular weight is 255 g/mol. The van der Waals surface area contributed by atoms with Crippen LogP contribution in [0.3, 0.4) is 0 Å². The fourth-order valence-corrected chi connectivity index (χ4v) is 2.71. The first-order chi connectivity index (χ1) is 7.95. The first kappa shape index (κ1) is 12.0. The Kier molecular flexibility index (Phi) is 2.91. The summed E-state index contributed by atoms with van der Waals surface area (Å²) in [5.41, 5.74) is 0.443. The van der Waals surface area contributed by atoms with Gasteiger partial charge < -0.3 is 5.11 Å². The summed E-state index contributed by atoms with van der Waals surface area (Å²) in [4.78, 5) is 14.6. The van der Waals surface area contributed by atoms with E-state index in [2.05, 4.69) is 4.98 Å². The minimum Gasteiger partial charge on any atom is -0.476 e. The van der Waals surface area contributed by atoms with E-state index >= 15 is 0 Å². The van der Waals surface area contributed by atoms with Crippen LogP contribution < -0.4 is 0 Å². The van der Waals surface area contributed by atoms with Crippen molar-refractivity contribution in [2.45, 2.75) is 30.6 Å². The van der Waals surface area contributed by atoms with Crippen LogP contribution in [0.5, 0.6) is 0 Å². The van der Waals surface area contributed by atoms with Gasteiger partial charge in [0.2, 0.25) is 0 Å². The third-order valence-corrected chi connectivity index (χ3v) is 4.58. The Morgan fingerprint density at radius 1 is 1.53 bits per heavy atom. The van der Waals surface area contributed by atoms with Crippen molar-refractivity contribution in [3.63, 3.8) is 0 Å². The number of nitrogens with zero attached hydrogens (tertiary/aromatic N) is 1. The molecule has 1 heterocycles. The molecule has 1 aromatic heterocycles. The fraction of sp³-hybridized carbons (Fsp3) is 0.455. The van der Waals surface area contributed by atoms with Gasteiger partial charge >= 0.3 is 5.97 Å². The van der Waals surface area contributed by atoms with Gasteiger partial charge in [-0.2, -0.15) is 0 Å². The summed E-state index contributed by atoms with van der Waals surface area (Å²) >= 11 is 0. The van der Waals surface area contributed by atoms with Crippen LogP contribution in [0.1, 0.15) is 41.7 Å². The van der Waals surface area contributed by atoms with Gasteiger partial charge in [0.1, 0.15) is 4.90 Å². The second kappa shape index (κ2) is 4.10. The van der Waals surface area contributed by atoms with E-state index in [4.69, 9.17) is 5.11 Å². The van der Waals surface area contributed by atoms with Crippen LogP contribution in [0.4, 0.5) is 0 Å². The molecule has 0 aromatic carbocycles. The van der Waals surface area contributed by atoms with E-state index < -0.39 is 15.8 Å². The zero-order valence-electron chi connectivity index (χ0n) is 9.38. The lowest BCUT2D eigenvalue weighted by Gasteiger charge is -2.07. The average Bonchev–Trinajstić information content (AvgIpc) is 3.12. The van der Waals surface area contributed by atoms with Crippen LogP contribution in [0.2, 0.25) is 0 Å². The molecule has 1 aromatic rings. The summed E-state index contributed by atoms with van der Waals surface area (Å²) < 4.78 is 23.6. The zero-order valence-corrected chi connectivity index (χ0v) is 10.2. The summed E-state index contributed by atoms with van der Waals surface area (Å²) in [5.74, 6) is -1.08. The predicted octanol–water partition coefficient (Wildman–Crippen LogP) is 1.45. The smallest absolute Gasteiger partial charge is 0.355 e. The molecular formula is C11H13NO4S. The number of carboxylic acid groups (broad SMARTS) is 1. The van der Waals surface area contributed by atoms with Gasteiger partial charge in [-0.15, -0.1) is 0 Å². The monoisotopic (exact) mass is 255 g/mol. The summed E-state index contributed by atoms with van der Waals surface area (Å²) in [6, 6.07) is 1.47. The number of hydrogen-bond donors (Lipinski definition) is 1. The molecule has 1 saturated carbocycles. The van der Waals surface area contributed by atoms with E-state index in [1.165, 1.54) is 19.2 Å². The number of hydrogen-bond acceptors (Lipinski definition) is 4. The molecule has 0 bridgehead atoms. The minimum atomic E-state index is -3.55. The van der Waals surface area contributed by atoms with Crippen LogP contribution in [-0.2, 0) is 9.84 Å². The molecule has 0 radical (unpaired) electrons. The number of aromatic carboxylic acids is 1. The van der Waals surface area contributed by atoms with Gasteiger partial charge in [-0.25, -0.2) is 18.2 Å².